The van der Waals surface area contributed by atoms with Crippen LogP contribution in [0.2, 0.25) is 0 Å². The molecule has 0 spiro atoms. The van der Waals surface area contributed by atoms with Gasteiger partial charge in [0.2, 0.25) is 5.89 Å². The zero-order valence-corrected chi connectivity index (χ0v) is 16.7. The third-order valence-electron chi connectivity index (χ3n) is 5.48. The van der Waals surface area contributed by atoms with Crippen LogP contribution in [0, 0.1) is 5.92 Å². The van der Waals surface area contributed by atoms with Gasteiger partial charge in [-0.15, -0.1) is 0 Å². The lowest BCUT2D eigenvalue weighted by Crippen LogP contribution is -2.41. The van der Waals surface area contributed by atoms with Gasteiger partial charge in [0.05, 0.1) is 0 Å². The lowest BCUT2D eigenvalue weighted by molar-refractivity contribution is 0.0723. The van der Waals surface area contributed by atoms with Gasteiger partial charge in [-0.05, 0) is 49.9 Å². The number of benzene rings is 1. The third-order valence-corrected chi connectivity index (χ3v) is 5.48. The fourth-order valence-corrected chi connectivity index (χ4v) is 3.80. The first-order chi connectivity index (χ1) is 14.2. The van der Waals surface area contributed by atoms with Crippen molar-refractivity contribution in [2.45, 2.75) is 19.8 Å². The van der Waals surface area contributed by atoms with Gasteiger partial charge in [-0.25, -0.2) is 9.97 Å². The van der Waals surface area contributed by atoms with Gasteiger partial charge in [0.25, 0.3) is 5.91 Å². The van der Waals surface area contributed by atoms with Gasteiger partial charge in [-0.1, -0.05) is 24.3 Å². The standard InChI is InChI=1S/C23H26N4O2/c1-2-26(16-18-11-14-27(15-12-18)21-10-6-7-13-24-21)23(28)20-17-29-22(25-20)19-8-4-3-5-9-19/h3-10,13,17-18H,2,11-12,14-16H2,1H3. The number of oxazole rings is 1. The fraction of sp³-hybridized carbons (Fsp3) is 0.348. The van der Waals surface area contributed by atoms with Gasteiger partial charge in [0.1, 0.15) is 12.1 Å². The van der Waals surface area contributed by atoms with E-state index in [1.807, 2.05) is 60.5 Å². The molecule has 1 aromatic carbocycles. The van der Waals surface area contributed by atoms with Crippen LogP contribution in [0.3, 0.4) is 0 Å². The van der Waals surface area contributed by atoms with Gasteiger partial charge < -0.3 is 14.2 Å². The minimum absolute atomic E-state index is 0.0643. The molecule has 0 aliphatic carbocycles. The first-order valence-electron chi connectivity index (χ1n) is 10.2. The molecule has 0 radical (unpaired) electrons. The minimum Gasteiger partial charge on any atom is -0.444 e. The number of amides is 1. The number of pyridine rings is 1. The van der Waals surface area contributed by atoms with Gasteiger partial charge in [-0.3, -0.25) is 4.79 Å². The molecule has 2 aromatic heterocycles. The highest BCUT2D eigenvalue weighted by Gasteiger charge is 2.25. The summed E-state index contributed by atoms with van der Waals surface area (Å²) in [6.45, 7) is 5.36. The lowest BCUT2D eigenvalue weighted by Gasteiger charge is -2.35. The van der Waals surface area contributed by atoms with Gasteiger partial charge >= 0.3 is 0 Å². The molecule has 4 rings (SSSR count). The number of aromatic nitrogens is 2. The Balaban J connectivity index is 1.36. The number of hydrogen-bond donors (Lipinski definition) is 0. The monoisotopic (exact) mass is 390 g/mol. The average molecular weight is 390 g/mol. The summed E-state index contributed by atoms with van der Waals surface area (Å²) >= 11 is 0. The molecule has 3 aromatic rings. The second-order valence-electron chi connectivity index (χ2n) is 7.37. The zero-order chi connectivity index (χ0) is 20.1. The predicted molar refractivity (Wildman–Crippen MR) is 113 cm³/mol. The zero-order valence-electron chi connectivity index (χ0n) is 16.7. The van der Waals surface area contributed by atoms with Gasteiger partial charge in [-0.2, -0.15) is 0 Å². The smallest absolute Gasteiger partial charge is 0.275 e. The second-order valence-corrected chi connectivity index (χ2v) is 7.37. The topological polar surface area (TPSA) is 62.5 Å². The highest BCUT2D eigenvalue weighted by Crippen LogP contribution is 2.23. The summed E-state index contributed by atoms with van der Waals surface area (Å²) in [5.74, 6) is 1.93. The van der Waals surface area contributed by atoms with Crippen molar-refractivity contribution < 1.29 is 9.21 Å². The summed E-state index contributed by atoms with van der Waals surface area (Å²) < 4.78 is 5.55. The van der Waals surface area contributed by atoms with Crippen LogP contribution in [0.5, 0.6) is 0 Å². The first kappa shape index (κ1) is 19.2. The van der Waals surface area contributed by atoms with Crippen molar-refractivity contribution in [3.8, 4) is 11.5 Å². The molecule has 6 nitrogen and oxygen atoms in total. The van der Waals surface area contributed by atoms with E-state index in [2.05, 4.69) is 20.9 Å². The summed E-state index contributed by atoms with van der Waals surface area (Å²) in [5, 5.41) is 0. The molecule has 6 heteroatoms. The van der Waals surface area contributed by atoms with Gasteiger partial charge in [0.15, 0.2) is 5.69 Å². The number of nitrogens with zero attached hydrogens (tertiary/aromatic N) is 4. The molecule has 150 valence electrons. The van der Waals surface area contributed by atoms with E-state index in [1.165, 1.54) is 6.26 Å². The largest absolute Gasteiger partial charge is 0.444 e. The highest BCUT2D eigenvalue weighted by atomic mass is 16.3. The Morgan fingerprint density at radius 3 is 2.59 bits per heavy atom. The molecule has 0 N–H and O–H groups in total. The van der Waals surface area contributed by atoms with Crippen LogP contribution in [0.25, 0.3) is 11.5 Å². The van der Waals surface area contributed by atoms with Crippen molar-refractivity contribution in [3.05, 3.63) is 66.7 Å². The summed E-state index contributed by atoms with van der Waals surface area (Å²) in [4.78, 5) is 26.0. The Hall–Kier alpha value is -3.15. The van der Waals surface area contributed by atoms with Crippen molar-refractivity contribution >= 4 is 11.7 Å². The molecular formula is C23H26N4O2. The average Bonchev–Trinajstić information content (AvgIpc) is 3.29. The maximum Gasteiger partial charge on any atom is 0.275 e. The van der Waals surface area contributed by atoms with E-state index in [0.29, 0.717) is 24.0 Å². The molecule has 0 atom stereocenters. The number of rotatable bonds is 6. The van der Waals surface area contributed by atoms with E-state index < -0.39 is 0 Å². The van der Waals surface area contributed by atoms with E-state index in [4.69, 9.17) is 4.42 Å². The molecule has 29 heavy (non-hydrogen) atoms. The van der Waals surface area contributed by atoms with Crippen LogP contribution in [-0.2, 0) is 0 Å². The molecule has 0 unspecified atom stereocenters. The lowest BCUT2D eigenvalue weighted by atomic mass is 9.96. The van der Waals surface area contributed by atoms with E-state index in [0.717, 1.165) is 43.9 Å². The second kappa shape index (κ2) is 8.90. The van der Waals surface area contributed by atoms with E-state index in [9.17, 15) is 4.79 Å². The molecule has 1 amide bonds. The highest BCUT2D eigenvalue weighted by molar-refractivity contribution is 5.92. The molecule has 0 bridgehead atoms. The number of hydrogen-bond acceptors (Lipinski definition) is 5. The SMILES string of the molecule is CCN(CC1CCN(c2ccccn2)CC1)C(=O)c1coc(-c2ccccc2)n1. The number of carbonyl (C=O) groups is 1. The Morgan fingerprint density at radius 1 is 1.14 bits per heavy atom. The van der Waals surface area contributed by atoms with Gasteiger partial charge in [0, 0.05) is 37.9 Å². The van der Waals surface area contributed by atoms with Crippen molar-refractivity contribution in [1.82, 2.24) is 14.9 Å². The van der Waals surface area contributed by atoms with E-state index >= 15 is 0 Å². The van der Waals surface area contributed by atoms with Crippen molar-refractivity contribution in [2.75, 3.05) is 31.1 Å². The van der Waals surface area contributed by atoms with Crippen LogP contribution in [0.1, 0.15) is 30.3 Å². The summed E-state index contributed by atoms with van der Waals surface area (Å²) in [5.41, 5.74) is 1.24. The Morgan fingerprint density at radius 2 is 1.90 bits per heavy atom. The van der Waals surface area contributed by atoms with Crippen molar-refractivity contribution in [3.63, 3.8) is 0 Å². The van der Waals surface area contributed by atoms with E-state index in [-0.39, 0.29) is 5.91 Å². The van der Waals surface area contributed by atoms with Crippen LogP contribution >= 0.6 is 0 Å². The predicted octanol–water partition coefficient (Wildman–Crippen LogP) is 4.12. The first-order valence-corrected chi connectivity index (χ1v) is 10.2. The maximum absolute atomic E-state index is 13.0. The molecule has 0 saturated carbocycles. The number of piperidine rings is 1. The summed E-state index contributed by atoms with van der Waals surface area (Å²) in [7, 11) is 0. The molecule has 3 heterocycles. The summed E-state index contributed by atoms with van der Waals surface area (Å²) in [6.07, 6.45) is 5.40. The van der Waals surface area contributed by atoms with Crippen LogP contribution in [0.4, 0.5) is 5.82 Å². The van der Waals surface area contributed by atoms with E-state index in [1.54, 1.807) is 0 Å². The number of anilines is 1. The Kier molecular flexibility index (Phi) is 5.89. The quantitative estimate of drug-likeness (QED) is 0.634. The van der Waals surface area contributed by atoms with Crippen molar-refractivity contribution in [2.24, 2.45) is 5.92 Å². The normalized spacial score (nSPS) is 14.7. The molecule has 1 saturated heterocycles. The molecular weight excluding hydrogens is 364 g/mol. The third kappa shape index (κ3) is 4.47. The minimum atomic E-state index is -0.0643. The fourth-order valence-electron chi connectivity index (χ4n) is 3.80. The Labute approximate surface area is 171 Å². The molecule has 1 aliphatic rings. The maximum atomic E-state index is 13.0. The van der Waals surface area contributed by atoms with Crippen LogP contribution in [0.15, 0.2) is 65.4 Å². The molecule has 1 aliphatic heterocycles. The number of carbonyl (C=O) groups excluding carboxylic acids is 1. The molecule has 1 fully saturated rings. The summed E-state index contributed by atoms with van der Waals surface area (Å²) in [6, 6.07) is 15.7. The van der Waals surface area contributed by atoms with Crippen molar-refractivity contribution in [1.29, 1.82) is 0 Å². The Bertz CT molecular complexity index is 918. The van der Waals surface area contributed by atoms with Crippen LogP contribution < -0.4 is 4.90 Å². The van der Waals surface area contributed by atoms with Crippen LogP contribution in [-0.4, -0.2) is 47.0 Å².